The first-order valence-electron chi connectivity index (χ1n) is 7.10. The molecular formula is C14H28N4O2. The largest absolute Gasteiger partial charge is 0.444 e. The summed E-state index contributed by atoms with van der Waals surface area (Å²) in [5.74, 6) is 0.858. The maximum Gasteiger partial charge on any atom is 0.410 e. The van der Waals surface area contributed by atoms with Crippen molar-refractivity contribution >= 4 is 11.9 Å². The lowest BCUT2D eigenvalue weighted by Gasteiger charge is -2.31. The molecule has 0 spiro atoms. The van der Waals surface area contributed by atoms with E-state index >= 15 is 0 Å². The van der Waals surface area contributed by atoms with Gasteiger partial charge in [0.15, 0.2) is 0 Å². The summed E-state index contributed by atoms with van der Waals surface area (Å²) in [6, 6.07) is 0.294. The molecule has 1 rings (SSSR count). The maximum atomic E-state index is 12.0. The molecule has 0 aromatic rings. The summed E-state index contributed by atoms with van der Waals surface area (Å²) in [4.78, 5) is 20.3. The lowest BCUT2D eigenvalue weighted by Crippen LogP contribution is -2.50. The van der Waals surface area contributed by atoms with Crippen LogP contribution in [0.25, 0.3) is 0 Å². The summed E-state index contributed by atoms with van der Waals surface area (Å²) >= 11 is 0. The summed E-state index contributed by atoms with van der Waals surface area (Å²) in [6.07, 6.45) is -0.271. The molecule has 1 aliphatic rings. The van der Waals surface area contributed by atoms with Crippen molar-refractivity contribution in [3.63, 3.8) is 0 Å². The van der Waals surface area contributed by atoms with E-state index in [-0.39, 0.29) is 6.09 Å². The van der Waals surface area contributed by atoms with Gasteiger partial charge >= 0.3 is 6.09 Å². The SMILES string of the molecule is CC(CN(C)C)NC1=NCCN(C(=O)OC(C)(C)C)C1. The molecule has 0 saturated heterocycles. The quantitative estimate of drug-likeness (QED) is 0.845. The first kappa shape index (κ1) is 16.8. The average molecular weight is 284 g/mol. The molecule has 0 radical (unpaired) electrons. The van der Waals surface area contributed by atoms with Gasteiger partial charge in [0.05, 0.1) is 13.1 Å². The summed E-state index contributed by atoms with van der Waals surface area (Å²) in [7, 11) is 4.07. The zero-order chi connectivity index (χ0) is 15.3. The zero-order valence-electron chi connectivity index (χ0n) is 13.6. The number of carbonyl (C=O) groups excluding carboxylic acids is 1. The summed E-state index contributed by atoms with van der Waals surface area (Å²) < 4.78 is 5.39. The van der Waals surface area contributed by atoms with Crippen LogP contribution in [0.3, 0.4) is 0 Å². The van der Waals surface area contributed by atoms with Gasteiger partial charge in [-0.2, -0.15) is 0 Å². The van der Waals surface area contributed by atoms with Gasteiger partial charge in [0.1, 0.15) is 11.4 Å². The molecular weight excluding hydrogens is 256 g/mol. The second kappa shape index (κ2) is 6.92. The number of carbonyl (C=O) groups is 1. The van der Waals surface area contributed by atoms with Gasteiger partial charge in [-0.15, -0.1) is 0 Å². The van der Waals surface area contributed by atoms with Crippen LogP contribution in [-0.4, -0.2) is 73.6 Å². The standard InChI is InChI=1S/C14H28N4O2/c1-11(9-17(5)6)16-12-10-18(8-7-15-12)13(19)20-14(2,3)4/h11H,7-10H2,1-6H3,(H,15,16). The van der Waals surface area contributed by atoms with E-state index in [0.29, 0.717) is 25.7 Å². The monoisotopic (exact) mass is 284 g/mol. The van der Waals surface area contributed by atoms with Crippen LogP contribution in [-0.2, 0) is 4.74 Å². The summed E-state index contributed by atoms with van der Waals surface area (Å²) in [5.41, 5.74) is -0.461. The van der Waals surface area contributed by atoms with Gasteiger partial charge in [0.25, 0.3) is 0 Å². The minimum Gasteiger partial charge on any atom is -0.444 e. The fourth-order valence-electron chi connectivity index (χ4n) is 2.07. The van der Waals surface area contributed by atoms with Crippen LogP contribution in [0.2, 0.25) is 0 Å². The number of nitrogens with one attached hydrogen (secondary N) is 1. The molecule has 0 fully saturated rings. The zero-order valence-corrected chi connectivity index (χ0v) is 13.6. The lowest BCUT2D eigenvalue weighted by molar-refractivity contribution is 0.0276. The van der Waals surface area contributed by atoms with Crippen molar-refractivity contribution in [2.24, 2.45) is 4.99 Å². The third-order valence-corrected chi connectivity index (χ3v) is 2.72. The summed E-state index contributed by atoms with van der Waals surface area (Å²) in [6.45, 7) is 10.4. The maximum absolute atomic E-state index is 12.0. The second-order valence-electron chi connectivity index (χ2n) is 6.54. The summed E-state index contributed by atoms with van der Waals surface area (Å²) in [5, 5.41) is 3.36. The predicted molar refractivity (Wildman–Crippen MR) is 81.3 cm³/mol. The molecule has 0 aliphatic carbocycles. The third kappa shape index (κ3) is 6.23. The Labute approximate surface area is 122 Å². The number of amidine groups is 1. The number of rotatable bonds is 3. The van der Waals surface area contributed by atoms with E-state index in [2.05, 4.69) is 22.1 Å². The van der Waals surface area contributed by atoms with E-state index in [4.69, 9.17) is 4.74 Å². The van der Waals surface area contributed by atoms with Crippen molar-refractivity contribution in [1.82, 2.24) is 15.1 Å². The van der Waals surface area contributed by atoms with E-state index in [0.717, 1.165) is 12.4 Å². The van der Waals surface area contributed by atoms with Crippen LogP contribution < -0.4 is 5.32 Å². The Bertz CT molecular complexity index is 361. The van der Waals surface area contributed by atoms with Crippen molar-refractivity contribution in [2.45, 2.75) is 39.3 Å². The number of likely N-dealkylation sites (N-methyl/N-ethyl adjacent to an activating group) is 1. The second-order valence-corrected chi connectivity index (χ2v) is 6.54. The number of hydrogen-bond donors (Lipinski definition) is 1. The van der Waals surface area contributed by atoms with Gasteiger partial charge in [-0.05, 0) is 41.8 Å². The molecule has 1 amide bonds. The molecule has 1 atom stereocenters. The molecule has 1 N–H and O–H groups in total. The van der Waals surface area contributed by atoms with E-state index in [9.17, 15) is 4.79 Å². The van der Waals surface area contributed by atoms with Crippen LogP contribution in [0.15, 0.2) is 4.99 Å². The van der Waals surface area contributed by atoms with Crippen LogP contribution in [0.4, 0.5) is 4.79 Å². The normalized spacial score (nSPS) is 17.8. The lowest BCUT2D eigenvalue weighted by atomic mass is 10.2. The van der Waals surface area contributed by atoms with Crippen molar-refractivity contribution in [1.29, 1.82) is 0 Å². The van der Waals surface area contributed by atoms with Gasteiger partial charge in [0.2, 0.25) is 0 Å². The van der Waals surface area contributed by atoms with Crippen LogP contribution in [0, 0.1) is 0 Å². The first-order valence-corrected chi connectivity index (χ1v) is 7.10. The van der Waals surface area contributed by atoms with Gasteiger partial charge < -0.3 is 15.0 Å². The Balaban J connectivity index is 2.49. The van der Waals surface area contributed by atoms with Crippen LogP contribution >= 0.6 is 0 Å². The smallest absolute Gasteiger partial charge is 0.410 e. The molecule has 1 heterocycles. The topological polar surface area (TPSA) is 57.2 Å². The third-order valence-electron chi connectivity index (χ3n) is 2.72. The van der Waals surface area contributed by atoms with E-state index in [1.54, 1.807) is 4.90 Å². The molecule has 116 valence electrons. The fraction of sp³-hybridized carbons (Fsp3) is 0.857. The Morgan fingerprint density at radius 2 is 2.15 bits per heavy atom. The fourth-order valence-corrected chi connectivity index (χ4v) is 2.07. The van der Waals surface area contributed by atoms with Crippen molar-refractivity contribution < 1.29 is 9.53 Å². The van der Waals surface area contributed by atoms with E-state index in [1.165, 1.54) is 0 Å². The number of ether oxygens (including phenoxy) is 1. The van der Waals surface area contributed by atoms with Gasteiger partial charge in [-0.25, -0.2) is 4.79 Å². The van der Waals surface area contributed by atoms with Crippen molar-refractivity contribution in [2.75, 3.05) is 40.3 Å². The Morgan fingerprint density at radius 3 is 2.70 bits per heavy atom. The highest BCUT2D eigenvalue weighted by atomic mass is 16.6. The van der Waals surface area contributed by atoms with E-state index < -0.39 is 5.60 Å². The van der Waals surface area contributed by atoms with E-state index in [1.807, 2.05) is 34.9 Å². The van der Waals surface area contributed by atoms with Crippen LogP contribution in [0.5, 0.6) is 0 Å². The van der Waals surface area contributed by atoms with Gasteiger partial charge in [0, 0.05) is 19.1 Å². The molecule has 1 aliphatic heterocycles. The molecule has 0 saturated carbocycles. The number of hydrogen-bond acceptors (Lipinski definition) is 5. The molecule has 0 aromatic heterocycles. The van der Waals surface area contributed by atoms with Crippen LogP contribution in [0.1, 0.15) is 27.7 Å². The van der Waals surface area contributed by atoms with Gasteiger partial charge in [-0.1, -0.05) is 0 Å². The Kier molecular flexibility index (Phi) is 5.80. The first-order chi connectivity index (χ1) is 9.17. The van der Waals surface area contributed by atoms with Crippen molar-refractivity contribution in [3.05, 3.63) is 0 Å². The van der Waals surface area contributed by atoms with Gasteiger partial charge in [-0.3, -0.25) is 9.89 Å². The highest BCUT2D eigenvalue weighted by molar-refractivity contribution is 5.88. The molecule has 1 unspecified atom stereocenters. The minimum atomic E-state index is -0.461. The highest BCUT2D eigenvalue weighted by Gasteiger charge is 2.25. The number of aliphatic imine (C=N–C) groups is 1. The number of amides is 1. The molecule has 6 heteroatoms. The Hall–Kier alpha value is -1.30. The highest BCUT2D eigenvalue weighted by Crippen LogP contribution is 2.11. The molecule has 20 heavy (non-hydrogen) atoms. The molecule has 6 nitrogen and oxygen atoms in total. The molecule has 0 aromatic carbocycles. The minimum absolute atomic E-state index is 0.271. The Morgan fingerprint density at radius 1 is 1.50 bits per heavy atom. The van der Waals surface area contributed by atoms with Crippen molar-refractivity contribution in [3.8, 4) is 0 Å². The average Bonchev–Trinajstić information content (AvgIpc) is 2.25. The molecule has 0 bridgehead atoms. The number of nitrogens with zero attached hydrogens (tertiary/aromatic N) is 3. The predicted octanol–water partition coefficient (Wildman–Crippen LogP) is 1.18.